The van der Waals surface area contributed by atoms with Crippen LogP contribution in [0.15, 0.2) is 22.0 Å². The van der Waals surface area contributed by atoms with Gasteiger partial charge in [-0.2, -0.15) is 0 Å². The fraction of sp³-hybridized carbons (Fsp3) is 0.538. The van der Waals surface area contributed by atoms with Crippen molar-refractivity contribution in [3.05, 3.63) is 44.5 Å². The van der Waals surface area contributed by atoms with Gasteiger partial charge in [-0.1, -0.05) is 5.21 Å². The quantitative estimate of drug-likeness (QED) is 0.899. The molecular weight excluding hydrogens is 258 g/mol. The molecule has 0 amide bonds. The molecule has 20 heavy (non-hydrogen) atoms. The fourth-order valence-corrected chi connectivity index (χ4v) is 1.88. The highest BCUT2D eigenvalue weighted by molar-refractivity contribution is 5.14. The molecule has 2 heterocycles. The summed E-state index contributed by atoms with van der Waals surface area (Å²) >= 11 is 0. The molecule has 0 aliphatic heterocycles. The lowest BCUT2D eigenvalue weighted by molar-refractivity contribution is 0.514. The lowest BCUT2D eigenvalue weighted by Crippen LogP contribution is -2.32. The van der Waals surface area contributed by atoms with Gasteiger partial charge < -0.3 is 0 Å². The Morgan fingerprint density at radius 2 is 1.85 bits per heavy atom. The Balaban J connectivity index is 2.35. The molecule has 0 spiro atoms. The Kier molecular flexibility index (Phi) is 3.87. The first kappa shape index (κ1) is 14.2. The largest absolute Gasteiger partial charge is 0.328 e. The van der Waals surface area contributed by atoms with E-state index in [1.165, 1.54) is 4.57 Å². The number of nitrogens with zero attached hydrogens (tertiary/aromatic N) is 4. The van der Waals surface area contributed by atoms with E-state index in [-0.39, 0.29) is 23.3 Å². The van der Waals surface area contributed by atoms with Crippen molar-refractivity contribution in [3.8, 4) is 0 Å². The highest BCUT2D eigenvalue weighted by atomic mass is 16.2. The van der Waals surface area contributed by atoms with Crippen molar-refractivity contribution in [1.29, 1.82) is 0 Å². The molecule has 0 radical (unpaired) electrons. The van der Waals surface area contributed by atoms with E-state index in [0.717, 1.165) is 0 Å². The van der Waals surface area contributed by atoms with Crippen molar-refractivity contribution < 1.29 is 0 Å². The SMILES string of the molecule is CC(C)n1cc(Cc2cn(C(C)C)c(=O)[nH]c2=O)nn1. The smallest absolute Gasteiger partial charge is 0.298 e. The third kappa shape index (κ3) is 2.87. The van der Waals surface area contributed by atoms with E-state index in [1.54, 1.807) is 10.9 Å². The first-order valence-corrected chi connectivity index (χ1v) is 6.63. The minimum absolute atomic E-state index is 0.00977. The van der Waals surface area contributed by atoms with Gasteiger partial charge in [0.25, 0.3) is 5.56 Å². The maximum Gasteiger partial charge on any atom is 0.328 e. The minimum Gasteiger partial charge on any atom is -0.298 e. The average molecular weight is 277 g/mol. The lowest BCUT2D eigenvalue weighted by atomic mass is 10.2. The van der Waals surface area contributed by atoms with Crippen LogP contribution in [0.2, 0.25) is 0 Å². The number of rotatable bonds is 4. The van der Waals surface area contributed by atoms with Crippen LogP contribution in [-0.2, 0) is 6.42 Å². The van der Waals surface area contributed by atoms with Gasteiger partial charge in [0.05, 0.1) is 5.69 Å². The van der Waals surface area contributed by atoms with Crippen molar-refractivity contribution in [2.24, 2.45) is 0 Å². The lowest BCUT2D eigenvalue weighted by Gasteiger charge is -2.09. The van der Waals surface area contributed by atoms with Crippen molar-refractivity contribution in [1.82, 2.24) is 24.5 Å². The van der Waals surface area contributed by atoms with Gasteiger partial charge in [-0.05, 0) is 27.7 Å². The van der Waals surface area contributed by atoms with Gasteiger partial charge in [-0.3, -0.25) is 14.3 Å². The average Bonchev–Trinajstić information content (AvgIpc) is 2.80. The molecule has 0 saturated heterocycles. The topological polar surface area (TPSA) is 85.6 Å². The minimum atomic E-state index is -0.389. The van der Waals surface area contributed by atoms with Crippen LogP contribution in [0.5, 0.6) is 0 Å². The predicted octanol–water partition coefficient (Wildman–Crippen LogP) is 0.881. The summed E-state index contributed by atoms with van der Waals surface area (Å²) < 4.78 is 3.24. The molecular formula is C13H19N5O2. The van der Waals surface area contributed by atoms with Gasteiger partial charge in [-0.15, -0.1) is 5.10 Å². The number of nitrogens with one attached hydrogen (secondary N) is 1. The summed E-state index contributed by atoms with van der Waals surface area (Å²) in [6, 6.07) is 0.212. The highest BCUT2D eigenvalue weighted by Crippen LogP contribution is 2.07. The first-order valence-electron chi connectivity index (χ1n) is 6.63. The van der Waals surface area contributed by atoms with E-state index in [9.17, 15) is 9.59 Å². The Bertz CT molecular complexity index is 708. The molecule has 7 heteroatoms. The maximum atomic E-state index is 11.8. The molecule has 0 aliphatic rings. The van der Waals surface area contributed by atoms with Crippen molar-refractivity contribution in [2.45, 2.75) is 46.2 Å². The maximum absolute atomic E-state index is 11.8. The van der Waals surface area contributed by atoms with Crippen LogP contribution >= 0.6 is 0 Å². The zero-order chi connectivity index (χ0) is 14.9. The van der Waals surface area contributed by atoms with E-state index in [0.29, 0.717) is 17.7 Å². The van der Waals surface area contributed by atoms with E-state index in [4.69, 9.17) is 0 Å². The molecule has 2 aromatic heterocycles. The van der Waals surface area contributed by atoms with Gasteiger partial charge in [-0.25, -0.2) is 9.48 Å². The van der Waals surface area contributed by atoms with Crippen LogP contribution in [0.4, 0.5) is 0 Å². The molecule has 108 valence electrons. The Labute approximate surface area is 116 Å². The third-order valence-electron chi connectivity index (χ3n) is 3.06. The molecule has 0 aliphatic carbocycles. The summed E-state index contributed by atoms with van der Waals surface area (Å²) in [5.74, 6) is 0. The van der Waals surface area contributed by atoms with Crippen molar-refractivity contribution >= 4 is 0 Å². The molecule has 2 rings (SSSR count). The molecule has 0 aromatic carbocycles. The normalized spacial score (nSPS) is 11.5. The van der Waals surface area contributed by atoms with Gasteiger partial charge in [0.2, 0.25) is 0 Å². The van der Waals surface area contributed by atoms with Crippen LogP contribution in [0, 0.1) is 0 Å². The van der Waals surface area contributed by atoms with E-state index < -0.39 is 0 Å². The van der Waals surface area contributed by atoms with Crippen LogP contribution < -0.4 is 11.2 Å². The highest BCUT2D eigenvalue weighted by Gasteiger charge is 2.10. The monoisotopic (exact) mass is 277 g/mol. The molecule has 0 fully saturated rings. The third-order valence-corrected chi connectivity index (χ3v) is 3.06. The number of hydrogen-bond donors (Lipinski definition) is 1. The standard InChI is InChI=1S/C13H19N5O2/c1-8(2)17-6-10(12(19)14-13(17)20)5-11-7-18(9(3)4)16-15-11/h6-9H,5H2,1-4H3,(H,14,19,20). The Morgan fingerprint density at radius 1 is 1.15 bits per heavy atom. The summed E-state index contributed by atoms with van der Waals surface area (Å²) in [7, 11) is 0. The Morgan fingerprint density at radius 3 is 2.40 bits per heavy atom. The number of aromatic amines is 1. The first-order chi connectivity index (χ1) is 9.38. The predicted molar refractivity (Wildman–Crippen MR) is 74.9 cm³/mol. The number of aromatic nitrogens is 5. The van der Waals surface area contributed by atoms with Crippen molar-refractivity contribution in [2.75, 3.05) is 0 Å². The second-order valence-corrected chi connectivity index (χ2v) is 5.38. The van der Waals surface area contributed by atoms with E-state index in [2.05, 4.69) is 15.3 Å². The molecule has 0 unspecified atom stereocenters. The second-order valence-electron chi connectivity index (χ2n) is 5.38. The van der Waals surface area contributed by atoms with Crippen LogP contribution in [-0.4, -0.2) is 24.5 Å². The number of hydrogen-bond acceptors (Lipinski definition) is 4. The molecule has 1 N–H and O–H groups in total. The number of H-pyrrole nitrogens is 1. The second kappa shape index (κ2) is 5.44. The fourth-order valence-electron chi connectivity index (χ4n) is 1.88. The summed E-state index contributed by atoms with van der Waals surface area (Å²) in [5, 5.41) is 8.05. The Hall–Kier alpha value is -2.18. The van der Waals surface area contributed by atoms with Crippen molar-refractivity contribution in [3.63, 3.8) is 0 Å². The van der Waals surface area contributed by atoms with Gasteiger partial charge in [0.15, 0.2) is 0 Å². The molecule has 0 atom stereocenters. The molecule has 0 saturated carbocycles. The van der Waals surface area contributed by atoms with E-state index in [1.807, 2.05) is 33.9 Å². The molecule has 2 aromatic rings. The van der Waals surface area contributed by atoms with Crippen LogP contribution in [0.25, 0.3) is 0 Å². The molecule has 0 bridgehead atoms. The zero-order valence-corrected chi connectivity index (χ0v) is 12.1. The zero-order valence-electron chi connectivity index (χ0n) is 12.1. The summed E-state index contributed by atoms with van der Waals surface area (Å²) in [5.41, 5.74) is 0.456. The van der Waals surface area contributed by atoms with Crippen LogP contribution in [0.1, 0.15) is 51.0 Å². The van der Waals surface area contributed by atoms with Crippen LogP contribution in [0.3, 0.4) is 0 Å². The molecule has 7 nitrogen and oxygen atoms in total. The van der Waals surface area contributed by atoms with E-state index >= 15 is 0 Å². The van der Waals surface area contributed by atoms with Gasteiger partial charge >= 0.3 is 5.69 Å². The summed E-state index contributed by atoms with van der Waals surface area (Å²) in [6.45, 7) is 7.78. The summed E-state index contributed by atoms with van der Waals surface area (Å²) in [4.78, 5) is 25.8. The van der Waals surface area contributed by atoms with Gasteiger partial charge in [0, 0.05) is 36.5 Å². The van der Waals surface area contributed by atoms with Gasteiger partial charge in [0.1, 0.15) is 0 Å². The summed E-state index contributed by atoms with van der Waals surface area (Å²) in [6.07, 6.45) is 3.77.